The highest BCUT2D eigenvalue weighted by Gasteiger charge is 2.14. The van der Waals surface area contributed by atoms with Crippen LogP contribution < -0.4 is 0 Å². The van der Waals surface area contributed by atoms with Gasteiger partial charge >= 0.3 is 5.97 Å². The molecule has 0 aromatic heterocycles. The van der Waals surface area contributed by atoms with E-state index < -0.39 is 11.8 Å². The van der Waals surface area contributed by atoms with Crippen LogP contribution in [0.2, 0.25) is 0 Å². The standard InChI is InChI=1S/C14H19FO2/c1-4-5-11(3)9-17-14(16)12-7-6-10(2)8-13(12)15/h6-8,11H,4-5,9H2,1-3H3. The molecule has 0 aliphatic heterocycles. The summed E-state index contributed by atoms with van der Waals surface area (Å²) in [4.78, 5) is 11.6. The van der Waals surface area contributed by atoms with Crippen LogP contribution in [-0.2, 0) is 4.74 Å². The lowest BCUT2D eigenvalue weighted by Crippen LogP contribution is -2.13. The fourth-order valence-corrected chi connectivity index (χ4v) is 1.66. The second kappa shape index (κ2) is 6.38. The van der Waals surface area contributed by atoms with Crippen molar-refractivity contribution in [3.8, 4) is 0 Å². The Morgan fingerprint density at radius 3 is 2.76 bits per heavy atom. The molecule has 0 saturated heterocycles. The molecule has 17 heavy (non-hydrogen) atoms. The second-order valence-electron chi connectivity index (χ2n) is 4.48. The molecule has 94 valence electrons. The van der Waals surface area contributed by atoms with Gasteiger partial charge in [0, 0.05) is 0 Å². The third kappa shape index (κ3) is 4.17. The number of esters is 1. The Morgan fingerprint density at radius 1 is 1.47 bits per heavy atom. The van der Waals surface area contributed by atoms with Gasteiger partial charge < -0.3 is 4.74 Å². The van der Waals surface area contributed by atoms with Crippen molar-refractivity contribution in [3.63, 3.8) is 0 Å². The van der Waals surface area contributed by atoms with Crippen molar-refractivity contribution < 1.29 is 13.9 Å². The second-order valence-corrected chi connectivity index (χ2v) is 4.48. The molecule has 0 radical (unpaired) electrons. The molecule has 1 atom stereocenters. The van der Waals surface area contributed by atoms with E-state index in [1.807, 2.05) is 6.92 Å². The van der Waals surface area contributed by atoms with Gasteiger partial charge in [-0.1, -0.05) is 26.3 Å². The van der Waals surface area contributed by atoms with Gasteiger partial charge in [0.2, 0.25) is 0 Å². The number of carbonyl (C=O) groups is 1. The van der Waals surface area contributed by atoms with Gasteiger partial charge in [-0.3, -0.25) is 0 Å². The molecule has 0 fully saturated rings. The number of halogens is 1. The zero-order valence-electron chi connectivity index (χ0n) is 10.6. The van der Waals surface area contributed by atoms with Crippen molar-refractivity contribution in [3.05, 3.63) is 35.1 Å². The predicted molar refractivity (Wildman–Crippen MR) is 65.5 cm³/mol. The van der Waals surface area contributed by atoms with Crippen LogP contribution >= 0.6 is 0 Å². The Hall–Kier alpha value is -1.38. The van der Waals surface area contributed by atoms with Gasteiger partial charge in [-0.2, -0.15) is 0 Å². The van der Waals surface area contributed by atoms with E-state index in [2.05, 4.69) is 6.92 Å². The number of benzene rings is 1. The Labute approximate surface area is 102 Å². The monoisotopic (exact) mass is 238 g/mol. The Morgan fingerprint density at radius 2 is 2.18 bits per heavy atom. The van der Waals surface area contributed by atoms with Crippen molar-refractivity contribution in [2.45, 2.75) is 33.6 Å². The molecular formula is C14H19FO2. The van der Waals surface area contributed by atoms with Crippen molar-refractivity contribution >= 4 is 5.97 Å². The molecule has 3 heteroatoms. The number of hydrogen-bond acceptors (Lipinski definition) is 2. The first-order chi connectivity index (χ1) is 8.04. The van der Waals surface area contributed by atoms with Crippen molar-refractivity contribution in [2.75, 3.05) is 6.61 Å². The van der Waals surface area contributed by atoms with E-state index in [1.165, 1.54) is 12.1 Å². The summed E-state index contributed by atoms with van der Waals surface area (Å²) in [6.07, 6.45) is 2.06. The van der Waals surface area contributed by atoms with E-state index in [0.29, 0.717) is 12.5 Å². The van der Waals surface area contributed by atoms with Gasteiger partial charge in [0.15, 0.2) is 0 Å². The maximum atomic E-state index is 13.5. The summed E-state index contributed by atoms with van der Waals surface area (Å²) >= 11 is 0. The maximum absolute atomic E-state index is 13.5. The molecular weight excluding hydrogens is 219 g/mol. The lowest BCUT2D eigenvalue weighted by Gasteiger charge is -2.11. The highest BCUT2D eigenvalue weighted by Crippen LogP contribution is 2.12. The third-order valence-corrected chi connectivity index (χ3v) is 2.62. The van der Waals surface area contributed by atoms with E-state index in [4.69, 9.17) is 4.74 Å². The largest absolute Gasteiger partial charge is 0.462 e. The molecule has 1 aromatic rings. The average Bonchev–Trinajstić information content (AvgIpc) is 2.26. The number of hydrogen-bond donors (Lipinski definition) is 0. The summed E-state index contributed by atoms with van der Waals surface area (Å²) in [6.45, 7) is 6.22. The maximum Gasteiger partial charge on any atom is 0.341 e. The van der Waals surface area contributed by atoms with Gasteiger partial charge in [-0.15, -0.1) is 0 Å². The summed E-state index contributed by atoms with van der Waals surface area (Å²) in [5.41, 5.74) is 0.803. The van der Waals surface area contributed by atoms with E-state index in [1.54, 1.807) is 13.0 Å². The van der Waals surface area contributed by atoms with Gasteiger partial charge in [-0.05, 0) is 37.0 Å². The normalized spacial score (nSPS) is 12.2. The molecule has 2 nitrogen and oxygen atoms in total. The van der Waals surface area contributed by atoms with Crippen LogP contribution in [0.1, 0.15) is 42.6 Å². The van der Waals surface area contributed by atoms with Crippen molar-refractivity contribution in [2.24, 2.45) is 5.92 Å². The number of ether oxygens (including phenoxy) is 1. The Kier molecular flexibility index (Phi) is 5.13. The zero-order valence-corrected chi connectivity index (χ0v) is 10.6. The summed E-state index contributed by atoms with van der Waals surface area (Å²) < 4.78 is 18.6. The molecule has 0 aliphatic carbocycles. The van der Waals surface area contributed by atoms with E-state index in [0.717, 1.165) is 18.4 Å². The first-order valence-electron chi connectivity index (χ1n) is 5.97. The molecule has 0 saturated carbocycles. The van der Waals surface area contributed by atoms with E-state index in [-0.39, 0.29) is 5.56 Å². The number of aryl methyl sites for hydroxylation is 1. The average molecular weight is 238 g/mol. The van der Waals surface area contributed by atoms with Crippen molar-refractivity contribution in [1.29, 1.82) is 0 Å². The minimum Gasteiger partial charge on any atom is -0.462 e. The lowest BCUT2D eigenvalue weighted by molar-refractivity contribution is 0.0438. The summed E-state index contributed by atoms with van der Waals surface area (Å²) in [7, 11) is 0. The molecule has 1 aromatic carbocycles. The van der Waals surface area contributed by atoms with Crippen LogP contribution in [0, 0.1) is 18.7 Å². The SMILES string of the molecule is CCCC(C)COC(=O)c1ccc(C)cc1F. The van der Waals surface area contributed by atoms with E-state index >= 15 is 0 Å². The van der Waals surface area contributed by atoms with Crippen LogP contribution in [0.25, 0.3) is 0 Å². The van der Waals surface area contributed by atoms with Crippen LogP contribution in [0.3, 0.4) is 0 Å². The van der Waals surface area contributed by atoms with Crippen LogP contribution in [0.4, 0.5) is 4.39 Å². The zero-order chi connectivity index (χ0) is 12.8. The summed E-state index contributed by atoms with van der Waals surface area (Å²) in [6, 6.07) is 4.51. The molecule has 0 N–H and O–H groups in total. The molecule has 0 amide bonds. The highest BCUT2D eigenvalue weighted by molar-refractivity contribution is 5.89. The smallest absolute Gasteiger partial charge is 0.341 e. The summed E-state index contributed by atoms with van der Waals surface area (Å²) in [5.74, 6) is -0.777. The number of rotatable bonds is 5. The van der Waals surface area contributed by atoms with Gasteiger partial charge in [0.1, 0.15) is 5.82 Å². The Balaban J connectivity index is 2.58. The molecule has 0 bridgehead atoms. The lowest BCUT2D eigenvalue weighted by atomic mass is 10.1. The quantitative estimate of drug-likeness (QED) is 0.731. The number of carbonyl (C=O) groups excluding carboxylic acids is 1. The van der Waals surface area contributed by atoms with Gasteiger partial charge in [0.05, 0.1) is 12.2 Å². The van der Waals surface area contributed by atoms with Gasteiger partial charge in [0.25, 0.3) is 0 Å². The van der Waals surface area contributed by atoms with Crippen molar-refractivity contribution in [1.82, 2.24) is 0 Å². The van der Waals surface area contributed by atoms with Gasteiger partial charge in [-0.25, -0.2) is 9.18 Å². The minimum atomic E-state index is -0.578. The molecule has 0 heterocycles. The fourth-order valence-electron chi connectivity index (χ4n) is 1.66. The van der Waals surface area contributed by atoms with Crippen LogP contribution in [0.5, 0.6) is 0 Å². The van der Waals surface area contributed by atoms with E-state index in [9.17, 15) is 9.18 Å². The first-order valence-corrected chi connectivity index (χ1v) is 5.97. The first kappa shape index (κ1) is 13.7. The highest BCUT2D eigenvalue weighted by atomic mass is 19.1. The molecule has 0 aliphatic rings. The van der Waals surface area contributed by atoms with Crippen LogP contribution in [0.15, 0.2) is 18.2 Å². The molecule has 1 unspecified atom stereocenters. The minimum absolute atomic E-state index is 0.0132. The molecule has 0 spiro atoms. The topological polar surface area (TPSA) is 26.3 Å². The predicted octanol–water partition coefficient (Wildman–Crippen LogP) is 3.73. The van der Waals surface area contributed by atoms with Crippen LogP contribution in [-0.4, -0.2) is 12.6 Å². The molecule has 1 rings (SSSR count). The third-order valence-electron chi connectivity index (χ3n) is 2.62. The fraction of sp³-hybridized carbons (Fsp3) is 0.500. The summed E-state index contributed by atoms with van der Waals surface area (Å²) in [5, 5.41) is 0. The Bertz CT molecular complexity index is 388.